The van der Waals surface area contributed by atoms with Crippen LogP contribution in [0.1, 0.15) is 48.4 Å². The fourth-order valence-electron chi connectivity index (χ4n) is 2.62. The summed E-state index contributed by atoms with van der Waals surface area (Å²) < 4.78 is 5.38. The van der Waals surface area contributed by atoms with E-state index >= 15 is 0 Å². The Bertz CT molecular complexity index is 619. The van der Waals surface area contributed by atoms with Crippen LogP contribution in [-0.2, 0) is 4.74 Å². The number of nitrogens with zero attached hydrogens (tertiary/aromatic N) is 2. The summed E-state index contributed by atoms with van der Waals surface area (Å²) in [4.78, 5) is 38.8. The van der Waals surface area contributed by atoms with E-state index in [9.17, 15) is 14.4 Å². The fourth-order valence-corrected chi connectivity index (χ4v) is 2.62. The number of carbonyl (C=O) groups is 3. The Morgan fingerprint density at radius 2 is 1.79 bits per heavy atom. The molecule has 2 rings (SSSR count). The van der Waals surface area contributed by atoms with E-state index in [0.29, 0.717) is 30.8 Å². The summed E-state index contributed by atoms with van der Waals surface area (Å²) in [6.45, 7) is 8.73. The van der Waals surface area contributed by atoms with Crippen LogP contribution >= 0.6 is 0 Å². The molecule has 1 aliphatic heterocycles. The van der Waals surface area contributed by atoms with Crippen molar-refractivity contribution in [3.05, 3.63) is 35.4 Å². The van der Waals surface area contributed by atoms with Crippen LogP contribution in [0.4, 0.5) is 4.79 Å². The zero-order valence-electron chi connectivity index (χ0n) is 14.6. The number of ether oxygens (including phenoxy) is 1. The minimum Gasteiger partial charge on any atom is -0.444 e. The number of hydrogen-bond donors (Lipinski definition) is 0. The second kappa shape index (κ2) is 7.03. The highest BCUT2D eigenvalue weighted by atomic mass is 16.6. The SMILES string of the molecule is C[C@H]1CN(C(=O)OC(C)(C)C)CCN1C(=O)c1ccc(C=O)cc1. The number of carbonyl (C=O) groups excluding carboxylic acids is 3. The smallest absolute Gasteiger partial charge is 0.410 e. The molecule has 1 fully saturated rings. The van der Waals surface area contributed by atoms with Crippen molar-refractivity contribution < 1.29 is 19.1 Å². The van der Waals surface area contributed by atoms with Gasteiger partial charge < -0.3 is 14.5 Å². The van der Waals surface area contributed by atoms with Crippen molar-refractivity contribution in [2.45, 2.75) is 39.3 Å². The maximum atomic E-state index is 12.6. The van der Waals surface area contributed by atoms with E-state index in [1.165, 1.54) is 0 Å². The first-order valence-electron chi connectivity index (χ1n) is 8.05. The molecule has 0 aromatic heterocycles. The highest BCUT2D eigenvalue weighted by molar-refractivity contribution is 5.95. The first-order valence-corrected chi connectivity index (χ1v) is 8.05. The van der Waals surface area contributed by atoms with Gasteiger partial charge in [0.1, 0.15) is 11.9 Å². The molecule has 1 aromatic rings. The molecule has 1 saturated heterocycles. The predicted molar refractivity (Wildman–Crippen MR) is 90.1 cm³/mol. The Balaban J connectivity index is 2.01. The molecule has 0 bridgehead atoms. The maximum Gasteiger partial charge on any atom is 0.410 e. The Hall–Kier alpha value is -2.37. The molecule has 0 spiro atoms. The van der Waals surface area contributed by atoms with Crippen molar-refractivity contribution in [2.75, 3.05) is 19.6 Å². The van der Waals surface area contributed by atoms with Crippen LogP contribution in [-0.4, -0.2) is 59.4 Å². The number of piperazine rings is 1. The Kier molecular flexibility index (Phi) is 5.26. The third-order valence-corrected chi connectivity index (χ3v) is 3.83. The lowest BCUT2D eigenvalue weighted by Gasteiger charge is -2.40. The van der Waals surface area contributed by atoms with E-state index in [2.05, 4.69) is 0 Å². The molecule has 24 heavy (non-hydrogen) atoms. The molecule has 1 aliphatic rings. The van der Waals surface area contributed by atoms with E-state index < -0.39 is 5.60 Å². The van der Waals surface area contributed by atoms with Gasteiger partial charge in [0.05, 0.1) is 0 Å². The van der Waals surface area contributed by atoms with Crippen LogP contribution in [0.3, 0.4) is 0 Å². The van der Waals surface area contributed by atoms with Crippen LogP contribution in [0, 0.1) is 0 Å². The number of benzene rings is 1. The summed E-state index contributed by atoms with van der Waals surface area (Å²) in [5, 5.41) is 0. The van der Waals surface area contributed by atoms with Crippen LogP contribution < -0.4 is 0 Å². The molecule has 1 atom stereocenters. The molecule has 6 heteroatoms. The van der Waals surface area contributed by atoms with E-state index in [1.807, 2.05) is 27.7 Å². The number of amides is 2. The van der Waals surface area contributed by atoms with Crippen molar-refractivity contribution in [3.8, 4) is 0 Å². The second-order valence-corrected chi connectivity index (χ2v) is 7.01. The highest BCUT2D eigenvalue weighted by Gasteiger charge is 2.32. The average Bonchev–Trinajstić information content (AvgIpc) is 2.52. The molecule has 2 amide bonds. The lowest BCUT2D eigenvalue weighted by molar-refractivity contribution is 0.00617. The van der Waals surface area contributed by atoms with Crippen LogP contribution in [0.5, 0.6) is 0 Å². The van der Waals surface area contributed by atoms with Gasteiger partial charge in [0.2, 0.25) is 0 Å². The Labute approximate surface area is 142 Å². The molecule has 6 nitrogen and oxygen atoms in total. The number of aldehydes is 1. The highest BCUT2D eigenvalue weighted by Crippen LogP contribution is 2.17. The van der Waals surface area contributed by atoms with Crippen LogP contribution in [0.15, 0.2) is 24.3 Å². The predicted octanol–water partition coefficient (Wildman–Crippen LogP) is 2.58. The molecule has 0 saturated carbocycles. The molecule has 1 aromatic carbocycles. The fraction of sp³-hybridized carbons (Fsp3) is 0.500. The standard InChI is InChI=1S/C18H24N2O4/c1-13-11-19(17(23)24-18(2,3)4)9-10-20(13)16(22)15-7-5-14(12-21)6-8-15/h5-8,12-13H,9-11H2,1-4H3/t13-/m0/s1. The van der Waals surface area contributed by atoms with Crippen molar-refractivity contribution in [1.29, 1.82) is 0 Å². The zero-order valence-corrected chi connectivity index (χ0v) is 14.6. The van der Waals surface area contributed by atoms with E-state index in [1.54, 1.807) is 34.1 Å². The van der Waals surface area contributed by atoms with Crippen LogP contribution in [0.2, 0.25) is 0 Å². The summed E-state index contributed by atoms with van der Waals surface area (Å²) in [5.41, 5.74) is 0.542. The molecule has 0 N–H and O–H groups in total. The van der Waals surface area contributed by atoms with Crippen molar-refractivity contribution >= 4 is 18.3 Å². The summed E-state index contributed by atoms with van der Waals surface area (Å²) in [7, 11) is 0. The minimum absolute atomic E-state index is 0.0937. The van der Waals surface area contributed by atoms with Crippen LogP contribution in [0.25, 0.3) is 0 Å². The van der Waals surface area contributed by atoms with Gasteiger partial charge in [0, 0.05) is 36.8 Å². The van der Waals surface area contributed by atoms with Crippen molar-refractivity contribution in [1.82, 2.24) is 9.80 Å². The summed E-state index contributed by atoms with van der Waals surface area (Å²) in [5.74, 6) is -0.0937. The monoisotopic (exact) mass is 332 g/mol. The third kappa shape index (κ3) is 4.34. The van der Waals surface area contributed by atoms with Gasteiger partial charge in [-0.25, -0.2) is 4.79 Å². The minimum atomic E-state index is -0.534. The Morgan fingerprint density at radius 1 is 1.17 bits per heavy atom. The quantitative estimate of drug-likeness (QED) is 0.781. The molecular weight excluding hydrogens is 308 g/mol. The van der Waals surface area contributed by atoms with E-state index in [-0.39, 0.29) is 18.0 Å². The van der Waals surface area contributed by atoms with Gasteiger partial charge in [-0.3, -0.25) is 9.59 Å². The van der Waals surface area contributed by atoms with Gasteiger partial charge in [0.15, 0.2) is 0 Å². The van der Waals surface area contributed by atoms with E-state index in [0.717, 1.165) is 6.29 Å². The zero-order chi connectivity index (χ0) is 17.9. The molecule has 130 valence electrons. The summed E-state index contributed by atoms with van der Waals surface area (Å²) >= 11 is 0. The number of rotatable bonds is 2. The number of hydrogen-bond acceptors (Lipinski definition) is 4. The molecule has 0 radical (unpaired) electrons. The second-order valence-electron chi connectivity index (χ2n) is 7.01. The third-order valence-electron chi connectivity index (χ3n) is 3.83. The maximum absolute atomic E-state index is 12.6. The topological polar surface area (TPSA) is 66.9 Å². The van der Waals surface area contributed by atoms with Gasteiger partial charge in [-0.2, -0.15) is 0 Å². The van der Waals surface area contributed by atoms with Gasteiger partial charge in [-0.15, -0.1) is 0 Å². The molecule has 0 unspecified atom stereocenters. The van der Waals surface area contributed by atoms with Gasteiger partial charge in [-0.05, 0) is 39.8 Å². The van der Waals surface area contributed by atoms with Gasteiger partial charge >= 0.3 is 6.09 Å². The van der Waals surface area contributed by atoms with Gasteiger partial charge in [-0.1, -0.05) is 12.1 Å². The first-order chi connectivity index (χ1) is 11.2. The average molecular weight is 332 g/mol. The van der Waals surface area contributed by atoms with Crippen molar-refractivity contribution in [3.63, 3.8) is 0 Å². The first kappa shape index (κ1) is 18.0. The lowest BCUT2D eigenvalue weighted by atomic mass is 10.1. The molecule has 1 heterocycles. The summed E-state index contributed by atoms with van der Waals surface area (Å²) in [6.07, 6.45) is 0.396. The summed E-state index contributed by atoms with van der Waals surface area (Å²) in [6, 6.07) is 6.45. The lowest BCUT2D eigenvalue weighted by Crippen LogP contribution is -2.56. The van der Waals surface area contributed by atoms with E-state index in [4.69, 9.17) is 4.74 Å². The molecule has 0 aliphatic carbocycles. The van der Waals surface area contributed by atoms with Gasteiger partial charge in [0.25, 0.3) is 5.91 Å². The Morgan fingerprint density at radius 3 is 2.29 bits per heavy atom. The van der Waals surface area contributed by atoms with Crippen molar-refractivity contribution in [2.24, 2.45) is 0 Å². The molecular formula is C18H24N2O4. The largest absolute Gasteiger partial charge is 0.444 e. The normalized spacial score (nSPS) is 18.2.